The van der Waals surface area contributed by atoms with Crippen molar-refractivity contribution in [3.8, 4) is 0 Å². The molecule has 0 spiro atoms. The van der Waals surface area contributed by atoms with E-state index < -0.39 is 5.54 Å². The van der Waals surface area contributed by atoms with Crippen LogP contribution in [0.4, 0.5) is 0 Å². The Bertz CT molecular complexity index is 309. The van der Waals surface area contributed by atoms with Gasteiger partial charge in [-0.1, -0.05) is 13.8 Å². The highest BCUT2D eigenvalue weighted by Gasteiger charge is 2.44. The Morgan fingerprint density at radius 2 is 2.15 bits per heavy atom. The maximum atomic E-state index is 12.3. The first-order valence-corrected chi connectivity index (χ1v) is 8.16. The predicted octanol–water partition coefficient (Wildman–Crippen LogP) is 2.57. The smallest absolute Gasteiger partial charge is 0.326 e. The molecule has 0 saturated heterocycles. The molecule has 1 N–H and O–H groups in total. The van der Waals surface area contributed by atoms with E-state index in [1.54, 1.807) is 0 Å². The van der Waals surface area contributed by atoms with Crippen LogP contribution in [0.15, 0.2) is 0 Å². The van der Waals surface area contributed by atoms with E-state index in [0.717, 1.165) is 32.2 Å². The van der Waals surface area contributed by atoms with E-state index in [4.69, 9.17) is 4.74 Å². The van der Waals surface area contributed by atoms with E-state index in [0.29, 0.717) is 18.7 Å². The molecule has 1 aliphatic carbocycles. The molecule has 4 nitrogen and oxygen atoms in total. The van der Waals surface area contributed by atoms with Crippen molar-refractivity contribution in [1.82, 2.24) is 10.2 Å². The van der Waals surface area contributed by atoms with Crippen molar-refractivity contribution in [2.45, 2.75) is 77.4 Å². The quantitative estimate of drug-likeness (QED) is 0.730. The summed E-state index contributed by atoms with van der Waals surface area (Å²) >= 11 is 0. The van der Waals surface area contributed by atoms with E-state index >= 15 is 0 Å². The summed E-state index contributed by atoms with van der Waals surface area (Å²) in [4.78, 5) is 14.9. The van der Waals surface area contributed by atoms with Gasteiger partial charge in [-0.3, -0.25) is 9.69 Å². The van der Waals surface area contributed by atoms with E-state index in [1.807, 2.05) is 14.0 Å². The van der Waals surface area contributed by atoms with Crippen LogP contribution in [0.3, 0.4) is 0 Å². The van der Waals surface area contributed by atoms with Gasteiger partial charge < -0.3 is 10.1 Å². The van der Waals surface area contributed by atoms with Crippen molar-refractivity contribution in [3.05, 3.63) is 0 Å². The third kappa shape index (κ3) is 3.73. The molecule has 0 aromatic carbocycles. The Kier molecular flexibility index (Phi) is 6.96. The van der Waals surface area contributed by atoms with Gasteiger partial charge in [0.2, 0.25) is 0 Å². The molecule has 0 aromatic heterocycles. The Morgan fingerprint density at radius 1 is 1.45 bits per heavy atom. The number of hydrogen-bond acceptors (Lipinski definition) is 4. The van der Waals surface area contributed by atoms with Crippen LogP contribution in [-0.2, 0) is 9.53 Å². The fourth-order valence-electron chi connectivity index (χ4n) is 3.48. The van der Waals surface area contributed by atoms with Gasteiger partial charge >= 0.3 is 5.97 Å². The van der Waals surface area contributed by atoms with Crippen molar-refractivity contribution in [1.29, 1.82) is 0 Å². The lowest BCUT2D eigenvalue weighted by Gasteiger charge is -2.44. The molecule has 118 valence electrons. The predicted molar refractivity (Wildman–Crippen MR) is 82.8 cm³/mol. The largest absolute Gasteiger partial charge is 0.465 e. The van der Waals surface area contributed by atoms with Crippen LogP contribution < -0.4 is 5.32 Å². The maximum absolute atomic E-state index is 12.3. The van der Waals surface area contributed by atoms with Crippen LogP contribution in [-0.4, -0.2) is 48.7 Å². The lowest BCUT2D eigenvalue weighted by atomic mass is 9.78. The molecule has 3 unspecified atom stereocenters. The minimum atomic E-state index is -0.486. The van der Waals surface area contributed by atoms with Crippen molar-refractivity contribution >= 4 is 5.97 Å². The number of hydrogen-bond donors (Lipinski definition) is 1. The second-order valence-electron chi connectivity index (χ2n) is 5.89. The second kappa shape index (κ2) is 7.99. The van der Waals surface area contributed by atoms with Crippen molar-refractivity contribution in [3.63, 3.8) is 0 Å². The number of ether oxygens (including phenoxy) is 1. The average Bonchev–Trinajstić information content (AvgIpc) is 2.48. The Hall–Kier alpha value is -0.610. The van der Waals surface area contributed by atoms with E-state index in [2.05, 4.69) is 31.0 Å². The molecule has 0 bridgehead atoms. The Morgan fingerprint density at radius 3 is 2.65 bits per heavy atom. The first-order chi connectivity index (χ1) is 9.54. The minimum absolute atomic E-state index is 0.0765. The van der Waals surface area contributed by atoms with Crippen molar-refractivity contribution in [2.24, 2.45) is 0 Å². The summed E-state index contributed by atoms with van der Waals surface area (Å²) in [7, 11) is 1.89. The van der Waals surface area contributed by atoms with Crippen molar-refractivity contribution < 1.29 is 9.53 Å². The zero-order valence-electron chi connectivity index (χ0n) is 13.9. The molecule has 20 heavy (non-hydrogen) atoms. The van der Waals surface area contributed by atoms with E-state index in [9.17, 15) is 4.79 Å². The van der Waals surface area contributed by atoms with Gasteiger partial charge in [-0.2, -0.15) is 0 Å². The molecule has 1 saturated carbocycles. The topological polar surface area (TPSA) is 41.6 Å². The molecular weight excluding hydrogens is 252 g/mol. The van der Waals surface area contributed by atoms with Crippen LogP contribution in [0.5, 0.6) is 0 Å². The highest BCUT2D eigenvalue weighted by atomic mass is 16.5. The summed E-state index contributed by atoms with van der Waals surface area (Å²) in [5.41, 5.74) is -0.486. The summed E-state index contributed by atoms with van der Waals surface area (Å²) in [5, 5.41) is 3.27. The summed E-state index contributed by atoms with van der Waals surface area (Å²) in [6, 6.07) is 1.04. The highest BCUT2D eigenvalue weighted by Crippen LogP contribution is 2.33. The van der Waals surface area contributed by atoms with Gasteiger partial charge in [0.05, 0.1) is 6.61 Å². The number of carbonyl (C=O) groups excluding carboxylic acids is 1. The molecule has 4 heteroatoms. The number of nitrogens with one attached hydrogen (secondary N) is 1. The van der Waals surface area contributed by atoms with Gasteiger partial charge in [0.15, 0.2) is 0 Å². The zero-order valence-corrected chi connectivity index (χ0v) is 13.9. The summed E-state index contributed by atoms with van der Waals surface area (Å²) in [6.07, 6.45) is 5.16. The summed E-state index contributed by atoms with van der Waals surface area (Å²) in [5.74, 6) is -0.0765. The second-order valence-corrected chi connectivity index (χ2v) is 5.89. The van der Waals surface area contributed by atoms with Crippen LogP contribution in [0.1, 0.15) is 59.8 Å². The molecule has 0 radical (unpaired) electrons. The highest BCUT2D eigenvalue weighted by molar-refractivity contribution is 5.81. The molecule has 3 atom stereocenters. The van der Waals surface area contributed by atoms with Gasteiger partial charge in [-0.05, 0) is 59.5 Å². The molecular formula is C16H32N2O2. The van der Waals surface area contributed by atoms with Crippen LogP contribution in [0.2, 0.25) is 0 Å². The summed E-state index contributed by atoms with van der Waals surface area (Å²) < 4.78 is 5.30. The molecule has 0 aromatic rings. The normalized spacial score (nSPS) is 28.4. The van der Waals surface area contributed by atoms with Gasteiger partial charge in [0.25, 0.3) is 0 Å². The molecule has 1 fully saturated rings. The fraction of sp³-hybridized carbons (Fsp3) is 0.938. The van der Waals surface area contributed by atoms with E-state index in [-0.39, 0.29) is 5.97 Å². The third-order valence-electron chi connectivity index (χ3n) is 4.86. The monoisotopic (exact) mass is 284 g/mol. The summed E-state index contributed by atoms with van der Waals surface area (Å²) in [6.45, 7) is 10.1. The lowest BCUT2D eigenvalue weighted by Crippen LogP contribution is -2.58. The zero-order chi connectivity index (χ0) is 15.2. The molecule has 0 heterocycles. The van der Waals surface area contributed by atoms with E-state index in [1.165, 1.54) is 6.42 Å². The lowest BCUT2D eigenvalue weighted by molar-refractivity contribution is -0.153. The first-order valence-electron chi connectivity index (χ1n) is 8.16. The molecule has 1 rings (SSSR count). The molecule has 0 aliphatic heterocycles. The fourth-order valence-corrected chi connectivity index (χ4v) is 3.48. The van der Waals surface area contributed by atoms with Gasteiger partial charge in [0, 0.05) is 12.1 Å². The van der Waals surface area contributed by atoms with Crippen molar-refractivity contribution in [2.75, 3.05) is 20.2 Å². The van der Waals surface area contributed by atoms with Gasteiger partial charge in [-0.15, -0.1) is 0 Å². The maximum Gasteiger partial charge on any atom is 0.326 e. The number of rotatable bonds is 7. The van der Waals surface area contributed by atoms with Gasteiger partial charge in [0.1, 0.15) is 5.54 Å². The number of carbonyl (C=O) groups is 1. The first kappa shape index (κ1) is 17.4. The average molecular weight is 284 g/mol. The third-order valence-corrected chi connectivity index (χ3v) is 4.86. The molecule has 1 aliphatic rings. The Labute approximate surface area is 124 Å². The SMILES string of the molecule is CCOC(=O)C1(NC)CCCC(N(CC)C(C)CC)C1. The van der Waals surface area contributed by atoms with Gasteiger partial charge in [-0.25, -0.2) is 0 Å². The van der Waals surface area contributed by atoms with Crippen LogP contribution in [0, 0.1) is 0 Å². The standard InChI is InChI=1S/C16H32N2O2/c1-6-13(4)18(7-2)14-10-9-11-16(12-14,17-5)15(19)20-8-3/h13-14,17H,6-12H2,1-5H3. The molecule has 0 amide bonds. The minimum Gasteiger partial charge on any atom is -0.465 e. The Balaban J connectivity index is 2.84. The number of esters is 1. The number of likely N-dealkylation sites (N-methyl/N-ethyl adjacent to an activating group) is 1. The van der Waals surface area contributed by atoms with Crippen LogP contribution >= 0.6 is 0 Å². The van der Waals surface area contributed by atoms with Crippen LogP contribution in [0.25, 0.3) is 0 Å². The number of nitrogens with zero attached hydrogens (tertiary/aromatic N) is 1.